The molecule has 0 fully saturated rings. The zero-order valence-corrected chi connectivity index (χ0v) is 32.3. The summed E-state index contributed by atoms with van der Waals surface area (Å²) in [5, 5.41) is 15.2. The molecule has 2 atom stereocenters. The molecule has 0 saturated heterocycles. The number of hydrogen-bond donors (Lipinski definition) is 2. The van der Waals surface area contributed by atoms with E-state index in [2.05, 4.69) is 191 Å². The van der Waals surface area contributed by atoms with E-state index in [-0.39, 0.29) is 12.3 Å². The summed E-state index contributed by atoms with van der Waals surface area (Å²) in [5.74, 6) is 0.894. The Balaban J connectivity index is 0.948. The Hall–Kier alpha value is -6.57. The number of thiophene rings is 2. The molecule has 4 nitrogen and oxygen atoms in total. The second-order valence-corrected chi connectivity index (χ2v) is 17.0. The molecule has 2 N–H and O–H groups in total. The van der Waals surface area contributed by atoms with Gasteiger partial charge in [-0.3, -0.25) is 5.32 Å². The van der Waals surface area contributed by atoms with Crippen LogP contribution in [0.2, 0.25) is 0 Å². The molecular weight excluding hydrogens is 733 g/mol. The number of aromatic nitrogens is 1. The molecule has 0 spiro atoms. The van der Waals surface area contributed by atoms with Crippen LogP contribution in [0.5, 0.6) is 0 Å². The first-order chi connectivity index (χ1) is 28.2. The van der Waals surface area contributed by atoms with Gasteiger partial charge in [0.2, 0.25) is 0 Å². The number of amidine groups is 1. The van der Waals surface area contributed by atoms with Crippen LogP contribution in [0.1, 0.15) is 29.0 Å². The number of aliphatic imine (C=N–C) groups is 1. The number of fused-ring (bicyclic) bond motifs is 9. The smallest absolute Gasteiger partial charge is 0.131 e. The SMILES string of the molecule is c1ccc(C2=NC(c3ccccc3)NC(c3ccc4sc5cc(-c6cccc7sc8ccc(-n9c%10ccccc%10c%10ccccc%109)cc8c67)ccc5c4c3)N2)cc1. The molecule has 11 aromatic rings. The fourth-order valence-electron chi connectivity index (χ4n) is 8.82. The van der Waals surface area contributed by atoms with Crippen molar-refractivity contribution >= 4 is 90.7 Å². The molecule has 4 heterocycles. The van der Waals surface area contributed by atoms with Gasteiger partial charge in [-0.25, -0.2) is 4.99 Å². The maximum atomic E-state index is 5.11. The van der Waals surface area contributed by atoms with Crippen LogP contribution in [0.3, 0.4) is 0 Å². The van der Waals surface area contributed by atoms with Crippen molar-refractivity contribution in [3.8, 4) is 16.8 Å². The van der Waals surface area contributed by atoms with E-state index in [0.717, 1.165) is 17.0 Å². The summed E-state index contributed by atoms with van der Waals surface area (Å²) >= 11 is 3.75. The lowest BCUT2D eigenvalue weighted by Crippen LogP contribution is -2.44. The van der Waals surface area contributed by atoms with Crippen molar-refractivity contribution in [3.63, 3.8) is 0 Å². The molecule has 6 heteroatoms. The van der Waals surface area contributed by atoms with Gasteiger partial charge in [-0.15, -0.1) is 22.7 Å². The third kappa shape index (κ3) is 5.33. The largest absolute Gasteiger partial charge is 0.350 e. The Kier molecular flexibility index (Phi) is 7.45. The predicted molar refractivity (Wildman–Crippen MR) is 243 cm³/mol. The highest BCUT2D eigenvalue weighted by molar-refractivity contribution is 7.26. The first-order valence-corrected chi connectivity index (χ1v) is 21.0. The van der Waals surface area contributed by atoms with Crippen molar-refractivity contribution in [3.05, 3.63) is 199 Å². The van der Waals surface area contributed by atoms with Gasteiger partial charge in [0.15, 0.2) is 0 Å². The zero-order valence-electron chi connectivity index (χ0n) is 30.7. The monoisotopic (exact) mass is 766 g/mol. The van der Waals surface area contributed by atoms with E-state index < -0.39 is 0 Å². The lowest BCUT2D eigenvalue weighted by molar-refractivity contribution is 0.409. The Morgan fingerprint density at radius 2 is 1.16 bits per heavy atom. The lowest BCUT2D eigenvalue weighted by Gasteiger charge is -2.32. The van der Waals surface area contributed by atoms with Crippen molar-refractivity contribution < 1.29 is 0 Å². The van der Waals surface area contributed by atoms with Gasteiger partial charge in [0.1, 0.15) is 18.2 Å². The summed E-state index contributed by atoms with van der Waals surface area (Å²) in [6.07, 6.45) is -0.280. The molecule has 0 bridgehead atoms. The third-order valence-electron chi connectivity index (χ3n) is 11.5. The summed E-state index contributed by atoms with van der Waals surface area (Å²) in [6, 6.07) is 66.1. The van der Waals surface area contributed by atoms with E-state index >= 15 is 0 Å². The van der Waals surface area contributed by atoms with E-state index in [1.807, 2.05) is 28.7 Å². The van der Waals surface area contributed by atoms with Gasteiger partial charge in [-0.2, -0.15) is 0 Å². The van der Waals surface area contributed by atoms with E-state index in [1.54, 1.807) is 0 Å². The summed E-state index contributed by atoms with van der Waals surface area (Å²) < 4.78 is 7.61. The van der Waals surface area contributed by atoms with Crippen LogP contribution in [-0.4, -0.2) is 10.4 Å². The van der Waals surface area contributed by atoms with Gasteiger partial charge in [0, 0.05) is 62.4 Å². The van der Waals surface area contributed by atoms with E-state index in [1.165, 1.54) is 84.5 Å². The molecule has 1 aliphatic rings. The maximum Gasteiger partial charge on any atom is 0.131 e. The van der Waals surface area contributed by atoms with E-state index in [4.69, 9.17) is 4.99 Å². The molecule has 2 unspecified atom stereocenters. The summed E-state index contributed by atoms with van der Waals surface area (Å²) in [4.78, 5) is 5.11. The Morgan fingerprint density at radius 3 is 1.96 bits per heavy atom. The van der Waals surface area contributed by atoms with E-state index in [0.29, 0.717) is 0 Å². The van der Waals surface area contributed by atoms with Gasteiger partial charge in [0.05, 0.1) is 11.0 Å². The van der Waals surface area contributed by atoms with Gasteiger partial charge >= 0.3 is 0 Å². The molecule has 270 valence electrons. The highest BCUT2D eigenvalue weighted by Crippen LogP contribution is 2.44. The number of benzene rings is 8. The minimum Gasteiger partial charge on any atom is -0.350 e. The number of nitrogens with one attached hydrogen (secondary N) is 2. The van der Waals surface area contributed by atoms with Crippen molar-refractivity contribution in [1.29, 1.82) is 0 Å². The minimum atomic E-state index is -0.168. The highest BCUT2D eigenvalue weighted by atomic mass is 32.1. The van der Waals surface area contributed by atoms with E-state index in [9.17, 15) is 0 Å². The molecule has 0 amide bonds. The number of rotatable bonds is 5. The number of para-hydroxylation sites is 2. The van der Waals surface area contributed by atoms with Crippen molar-refractivity contribution in [1.82, 2.24) is 15.2 Å². The predicted octanol–water partition coefficient (Wildman–Crippen LogP) is 13.5. The van der Waals surface area contributed by atoms with Crippen molar-refractivity contribution in [2.75, 3.05) is 0 Å². The Labute approximate surface area is 337 Å². The van der Waals surface area contributed by atoms with Crippen LogP contribution < -0.4 is 10.6 Å². The first-order valence-electron chi connectivity index (χ1n) is 19.3. The van der Waals surface area contributed by atoms with Crippen molar-refractivity contribution in [2.45, 2.75) is 12.3 Å². The van der Waals surface area contributed by atoms with Crippen LogP contribution in [0, 0.1) is 0 Å². The third-order valence-corrected chi connectivity index (χ3v) is 13.8. The van der Waals surface area contributed by atoms with Crippen LogP contribution in [0.4, 0.5) is 0 Å². The van der Waals surface area contributed by atoms with Crippen LogP contribution in [-0.2, 0) is 0 Å². The first kappa shape index (κ1) is 32.7. The van der Waals surface area contributed by atoms with Gasteiger partial charge in [-0.05, 0) is 76.9 Å². The molecule has 0 radical (unpaired) electrons. The fraction of sp³-hybridized carbons (Fsp3) is 0.0392. The Bertz CT molecular complexity index is 3320. The standard InChI is InChI=1S/C51H34N4S2/c1-3-12-31(13-4-1)49-52-50(32-14-5-2-6-15-32)54-51(53-49)34-23-26-44-40(28-34)39-25-22-33(29-47(39)57-44)36-18-11-21-46-48(36)41-30-35(24-27-45(41)56-46)55-42-19-9-7-16-37(42)38-17-8-10-20-43(38)55/h1-30,49,51,53H,(H,52,54). The fourth-order valence-corrected chi connectivity index (χ4v) is 11.1. The zero-order chi connectivity index (χ0) is 37.5. The Morgan fingerprint density at radius 1 is 0.456 bits per heavy atom. The number of nitrogens with zero attached hydrogens (tertiary/aromatic N) is 2. The summed E-state index contributed by atoms with van der Waals surface area (Å²) in [7, 11) is 0. The second kappa shape index (κ2) is 13.0. The molecule has 12 rings (SSSR count). The lowest BCUT2D eigenvalue weighted by atomic mass is 9.98. The number of hydrogen-bond acceptors (Lipinski definition) is 5. The molecule has 0 saturated carbocycles. The summed E-state index contributed by atoms with van der Waals surface area (Å²) in [5.41, 5.74) is 9.56. The minimum absolute atomic E-state index is 0.113. The average Bonchev–Trinajstić information content (AvgIpc) is 3.95. The van der Waals surface area contributed by atoms with Crippen molar-refractivity contribution in [2.24, 2.45) is 4.99 Å². The average molecular weight is 767 g/mol. The van der Waals surface area contributed by atoms with Crippen LogP contribution in [0.25, 0.3) is 79.0 Å². The van der Waals surface area contributed by atoms with Gasteiger partial charge < -0.3 is 9.88 Å². The van der Waals surface area contributed by atoms with Gasteiger partial charge in [-0.1, -0.05) is 127 Å². The quantitative estimate of drug-likeness (QED) is 0.183. The van der Waals surface area contributed by atoms with Gasteiger partial charge in [0.25, 0.3) is 0 Å². The van der Waals surface area contributed by atoms with Crippen LogP contribution >= 0.6 is 22.7 Å². The summed E-state index contributed by atoms with van der Waals surface area (Å²) in [6.45, 7) is 0. The molecule has 57 heavy (non-hydrogen) atoms. The molecule has 3 aromatic heterocycles. The molecule has 1 aliphatic heterocycles. The van der Waals surface area contributed by atoms with Crippen LogP contribution in [0.15, 0.2) is 187 Å². The normalized spacial score (nSPS) is 15.9. The molecular formula is C51H34N4S2. The second-order valence-electron chi connectivity index (χ2n) is 14.8. The highest BCUT2D eigenvalue weighted by Gasteiger charge is 2.26. The molecule has 0 aliphatic carbocycles. The topological polar surface area (TPSA) is 41.4 Å². The molecule has 8 aromatic carbocycles. The maximum absolute atomic E-state index is 5.11.